The number of carbonyl (C=O) groups excluding carboxylic acids is 1. The number of Topliss-reactive ketones (excluding diaryl/α,β-unsaturated/α-hetero) is 1. The Labute approximate surface area is 205 Å². The number of hydrogen-bond acceptors (Lipinski definition) is 4. The first-order valence-electron chi connectivity index (χ1n) is 11.0. The second-order valence-corrected chi connectivity index (χ2v) is 8.37. The van der Waals surface area contributed by atoms with Gasteiger partial charge < -0.3 is 9.55 Å². The molecule has 8 heteroatoms. The highest BCUT2D eigenvalue weighted by Crippen LogP contribution is 2.25. The number of benzene rings is 1. The molecule has 0 unspecified atom stereocenters. The zero-order valence-corrected chi connectivity index (χ0v) is 19.3. The Morgan fingerprint density at radius 3 is 2.83 bits per heavy atom. The maximum Gasteiger partial charge on any atom is 0.261 e. The van der Waals surface area contributed by atoms with Crippen molar-refractivity contribution in [3.8, 4) is 23.2 Å². The molecule has 0 amide bonds. The number of H-pyrrole nitrogens is 2. The molecular weight excluding hydrogens is 462 g/mol. The molecule has 0 fully saturated rings. The summed E-state index contributed by atoms with van der Waals surface area (Å²) in [6, 6.07) is 16.5. The number of pyridine rings is 2. The van der Waals surface area contributed by atoms with E-state index >= 15 is 0 Å². The van der Waals surface area contributed by atoms with Crippen molar-refractivity contribution >= 4 is 28.3 Å². The number of aromatic amines is 2. The highest BCUT2D eigenvalue weighted by atomic mass is 35.5. The molecule has 7 nitrogen and oxygen atoms in total. The molecular formula is C27H20ClN5O2. The topological polar surface area (TPSA) is 96.4 Å². The van der Waals surface area contributed by atoms with Crippen LogP contribution in [0.15, 0.2) is 78.0 Å². The van der Waals surface area contributed by atoms with Gasteiger partial charge in [0.15, 0.2) is 5.78 Å². The molecule has 0 radical (unpaired) electrons. The summed E-state index contributed by atoms with van der Waals surface area (Å²) < 4.78 is 1.49. The van der Waals surface area contributed by atoms with E-state index in [0.717, 1.165) is 33.4 Å². The van der Waals surface area contributed by atoms with Crippen LogP contribution in [0.4, 0.5) is 0 Å². The molecule has 0 atom stereocenters. The van der Waals surface area contributed by atoms with E-state index in [2.05, 4.69) is 32.0 Å². The van der Waals surface area contributed by atoms with Gasteiger partial charge in [-0.25, -0.2) is 4.98 Å². The SMILES string of the molecule is O=C(CCC#Cc1ccc2c(-c3ccc[nH]3)n[nH]c2c1)c1cccn(Cc2ccc(Cl)nc2)c1=O. The van der Waals surface area contributed by atoms with E-state index in [-0.39, 0.29) is 23.3 Å². The minimum Gasteiger partial charge on any atom is -0.360 e. The first kappa shape index (κ1) is 22.4. The summed E-state index contributed by atoms with van der Waals surface area (Å²) >= 11 is 5.82. The van der Waals surface area contributed by atoms with E-state index < -0.39 is 0 Å². The molecule has 5 rings (SSSR count). The van der Waals surface area contributed by atoms with Gasteiger partial charge in [0.2, 0.25) is 0 Å². The second-order valence-electron chi connectivity index (χ2n) is 7.99. The second kappa shape index (κ2) is 9.84. The van der Waals surface area contributed by atoms with Crippen molar-refractivity contribution in [1.29, 1.82) is 0 Å². The molecule has 0 saturated heterocycles. The number of carbonyl (C=O) groups is 1. The van der Waals surface area contributed by atoms with E-state index in [4.69, 9.17) is 11.6 Å². The van der Waals surface area contributed by atoms with Gasteiger partial charge in [-0.1, -0.05) is 29.5 Å². The van der Waals surface area contributed by atoms with Gasteiger partial charge in [0.25, 0.3) is 5.56 Å². The number of fused-ring (bicyclic) bond motifs is 1. The van der Waals surface area contributed by atoms with Crippen molar-refractivity contribution in [1.82, 2.24) is 24.7 Å². The maximum absolute atomic E-state index is 12.8. The molecule has 4 heterocycles. The molecule has 2 N–H and O–H groups in total. The van der Waals surface area contributed by atoms with Gasteiger partial charge in [-0.2, -0.15) is 5.10 Å². The Bertz CT molecular complexity index is 1620. The maximum atomic E-state index is 12.8. The van der Waals surface area contributed by atoms with Crippen LogP contribution in [0.2, 0.25) is 5.15 Å². The van der Waals surface area contributed by atoms with Crippen molar-refractivity contribution < 1.29 is 4.79 Å². The summed E-state index contributed by atoms with van der Waals surface area (Å²) in [5, 5.41) is 8.82. The third kappa shape index (κ3) is 4.93. The summed E-state index contributed by atoms with van der Waals surface area (Å²) in [6.07, 6.45) is 5.64. The van der Waals surface area contributed by atoms with Gasteiger partial charge in [-0.3, -0.25) is 14.7 Å². The first-order chi connectivity index (χ1) is 17.1. The third-order valence-corrected chi connectivity index (χ3v) is 5.81. The molecule has 35 heavy (non-hydrogen) atoms. The number of nitrogens with one attached hydrogen (secondary N) is 2. The zero-order valence-electron chi connectivity index (χ0n) is 18.6. The minimum atomic E-state index is -0.331. The Morgan fingerprint density at radius 1 is 1.11 bits per heavy atom. The largest absolute Gasteiger partial charge is 0.360 e. The minimum absolute atomic E-state index is 0.159. The lowest BCUT2D eigenvalue weighted by Crippen LogP contribution is -2.26. The molecule has 0 aliphatic heterocycles. The molecule has 4 aromatic heterocycles. The highest BCUT2D eigenvalue weighted by Gasteiger charge is 2.12. The molecule has 0 aliphatic carbocycles. The number of rotatable bonds is 6. The van der Waals surface area contributed by atoms with Crippen LogP contribution in [0.3, 0.4) is 0 Å². The lowest BCUT2D eigenvalue weighted by atomic mass is 10.1. The first-order valence-corrected chi connectivity index (χ1v) is 11.4. The van der Waals surface area contributed by atoms with Crippen LogP contribution < -0.4 is 5.56 Å². The van der Waals surface area contributed by atoms with Crippen molar-refractivity contribution in [2.24, 2.45) is 0 Å². The standard InChI is InChI=1S/C27H20ClN5O2/c28-25-12-10-19(16-30-25)17-33-14-4-6-21(27(33)35)24(34)8-2-1-5-18-9-11-20-23(15-18)31-32-26(20)22-7-3-13-29-22/h3-4,6-7,9-16,29H,2,8,17H2,(H,31,32). The zero-order chi connectivity index (χ0) is 24.2. The van der Waals surface area contributed by atoms with Crippen molar-refractivity contribution in [3.63, 3.8) is 0 Å². The summed E-state index contributed by atoms with van der Waals surface area (Å²) in [4.78, 5) is 32.7. The molecule has 0 spiro atoms. The van der Waals surface area contributed by atoms with Crippen LogP contribution in [-0.4, -0.2) is 30.5 Å². The highest BCUT2D eigenvalue weighted by molar-refractivity contribution is 6.29. The van der Waals surface area contributed by atoms with E-state index in [9.17, 15) is 9.59 Å². The van der Waals surface area contributed by atoms with Crippen LogP contribution >= 0.6 is 11.6 Å². The fourth-order valence-corrected chi connectivity index (χ4v) is 3.94. The van der Waals surface area contributed by atoms with E-state index in [1.807, 2.05) is 36.5 Å². The van der Waals surface area contributed by atoms with E-state index in [0.29, 0.717) is 18.1 Å². The molecule has 172 valence electrons. The van der Waals surface area contributed by atoms with Crippen molar-refractivity contribution in [2.45, 2.75) is 19.4 Å². The van der Waals surface area contributed by atoms with Crippen molar-refractivity contribution in [2.75, 3.05) is 0 Å². The molecule has 0 aliphatic rings. The summed E-state index contributed by atoms with van der Waals surface area (Å²) in [5.41, 5.74) is 4.16. The number of ketones is 1. The summed E-state index contributed by atoms with van der Waals surface area (Å²) in [7, 11) is 0. The van der Waals surface area contributed by atoms with Gasteiger partial charge >= 0.3 is 0 Å². The van der Waals surface area contributed by atoms with Crippen LogP contribution in [0.25, 0.3) is 22.3 Å². The number of aromatic nitrogens is 5. The van der Waals surface area contributed by atoms with Gasteiger partial charge in [-0.15, -0.1) is 0 Å². The Morgan fingerprint density at radius 2 is 2.03 bits per heavy atom. The molecule has 1 aromatic carbocycles. The lowest BCUT2D eigenvalue weighted by Gasteiger charge is -2.07. The monoisotopic (exact) mass is 481 g/mol. The third-order valence-electron chi connectivity index (χ3n) is 5.59. The van der Waals surface area contributed by atoms with Gasteiger partial charge in [-0.05, 0) is 54.1 Å². The van der Waals surface area contributed by atoms with E-state index in [1.165, 1.54) is 4.57 Å². The van der Waals surface area contributed by atoms with Gasteiger partial charge in [0, 0.05) is 42.4 Å². The normalized spacial score (nSPS) is 10.8. The number of halogens is 1. The molecule has 0 saturated carbocycles. The smallest absolute Gasteiger partial charge is 0.261 e. The average molecular weight is 482 g/mol. The Hall–Kier alpha value is -4.41. The predicted molar refractivity (Wildman–Crippen MR) is 135 cm³/mol. The Balaban J connectivity index is 1.24. The fourth-order valence-electron chi connectivity index (χ4n) is 3.83. The summed E-state index contributed by atoms with van der Waals surface area (Å²) in [6.45, 7) is 0.311. The lowest BCUT2D eigenvalue weighted by molar-refractivity contribution is 0.0982. The molecule has 5 aromatic rings. The summed E-state index contributed by atoms with van der Waals surface area (Å²) in [5.74, 6) is 5.90. The van der Waals surface area contributed by atoms with E-state index in [1.54, 1.807) is 36.7 Å². The predicted octanol–water partition coefficient (Wildman–Crippen LogP) is 4.83. The average Bonchev–Trinajstić information content (AvgIpc) is 3.54. The van der Waals surface area contributed by atoms with Crippen LogP contribution in [0.1, 0.15) is 34.3 Å². The van der Waals surface area contributed by atoms with Crippen LogP contribution in [-0.2, 0) is 6.54 Å². The quantitative estimate of drug-likeness (QED) is 0.206. The fraction of sp³-hybridized carbons (Fsp3) is 0.111. The van der Waals surface area contributed by atoms with Gasteiger partial charge in [0.1, 0.15) is 10.8 Å². The van der Waals surface area contributed by atoms with Gasteiger partial charge in [0.05, 0.1) is 23.3 Å². The van der Waals surface area contributed by atoms with Crippen LogP contribution in [0, 0.1) is 11.8 Å². The molecule has 0 bridgehead atoms. The van der Waals surface area contributed by atoms with Crippen molar-refractivity contribution in [3.05, 3.63) is 105 Å². The Kier molecular flexibility index (Phi) is 6.29. The van der Waals surface area contributed by atoms with Crippen LogP contribution in [0.5, 0.6) is 0 Å². The number of nitrogens with zero attached hydrogens (tertiary/aromatic N) is 3. The number of hydrogen-bond donors (Lipinski definition) is 2.